The summed E-state index contributed by atoms with van der Waals surface area (Å²) in [5.41, 5.74) is 2.34. The van der Waals surface area contributed by atoms with Gasteiger partial charge in [0.05, 0.1) is 17.5 Å². The summed E-state index contributed by atoms with van der Waals surface area (Å²) in [7, 11) is 3.79. The molecule has 0 saturated carbocycles. The number of nitrogens with zero attached hydrogens (tertiary/aromatic N) is 3. The molecular weight excluding hydrogens is 176 g/mol. The van der Waals surface area contributed by atoms with E-state index in [2.05, 4.69) is 11.2 Å². The molecule has 0 aliphatic heterocycles. The van der Waals surface area contributed by atoms with E-state index in [9.17, 15) is 0 Å². The molecule has 0 unspecified atom stereocenters. The van der Waals surface area contributed by atoms with Crippen LogP contribution >= 0.6 is 0 Å². The molecule has 0 aromatic heterocycles. The molecular formula is C10H12N4. The van der Waals surface area contributed by atoms with E-state index in [1.807, 2.05) is 31.1 Å². The van der Waals surface area contributed by atoms with E-state index in [-0.39, 0.29) is 0 Å². The third-order valence-corrected chi connectivity index (χ3v) is 1.85. The largest absolute Gasteiger partial charge is 0.377 e. The van der Waals surface area contributed by atoms with Crippen molar-refractivity contribution in [3.05, 3.63) is 29.3 Å². The fourth-order valence-corrected chi connectivity index (χ4v) is 1.20. The van der Waals surface area contributed by atoms with Crippen molar-refractivity contribution < 1.29 is 0 Å². The Hall–Kier alpha value is -2.02. The van der Waals surface area contributed by atoms with Gasteiger partial charge in [0.25, 0.3) is 0 Å². The summed E-state index contributed by atoms with van der Waals surface area (Å²) in [6.45, 7) is 0. The number of hydrazone groups is 1. The maximum atomic E-state index is 8.91. The van der Waals surface area contributed by atoms with Gasteiger partial charge in [-0.2, -0.15) is 10.4 Å². The zero-order chi connectivity index (χ0) is 10.6. The van der Waals surface area contributed by atoms with Crippen molar-refractivity contribution in [1.29, 1.82) is 5.26 Å². The molecule has 0 aliphatic rings. The molecule has 0 spiro atoms. The first-order valence-electron chi connectivity index (χ1n) is 4.13. The van der Waals surface area contributed by atoms with Crippen molar-refractivity contribution in [1.82, 2.24) is 0 Å². The van der Waals surface area contributed by atoms with Crippen molar-refractivity contribution in [2.75, 3.05) is 19.0 Å². The second kappa shape index (κ2) is 4.28. The van der Waals surface area contributed by atoms with Crippen LogP contribution in [0.3, 0.4) is 0 Å². The monoisotopic (exact) mass is 188 g/mol. The van der Waals surface area contributed by atoms with Gasteiger partial charge in [-0.1, -0.05) is 6.07 Å². The van der Waals surface area contributed by atoms with Crippen molar-refractivity contribution in [3.63, 3.8) is 0 Å². The van der Waals surface area contributed by atoms with Gasteiger partial charge >= 0.3 is 0 Å². The first-order chi connectivity index (χ1) is 6.69. The molecule has 72 valence electrons. The normalized spacial score (nSPS) is 10.1. The van der Waals surface area contributed by atoms with Gasteiger partial charge in [-0.05, 0) is 17.7 Å². The minimum absolute atomic E-state index is 0.618. The summed E-state index contributed by atoms with van der Waals surface area (Å²) in [6, 6.07) is 7.63. The standard InChI is InChI=1S/C10H12N4/c1-14(2)10-4-3-8(7-13-12)5-9(10)6-11/h3-5,7H,12H2,1-2H3. The molecule has 14 heavy (non-hydrogen) atoms. The Bertz CT molecular complexity index is 388. The van der Waals surface area contributed by atoms with Crippen molar-refractivity contribution in [3.8, 4) is 6.07 Å². The average molecular weight is 188 g/mol. The number of hydrogen-bond donors (Lipinski definition) is 1. The van der Waals surface area contributed by atoms with E-state index in [0.29, 0.717) is 5.56 Å². The molecule has 0 saturated heterocycles. The van der Waals surface area contributed by atoms with E-state index in [1.54, 1.807) is 6.07 Å². The van der Waals surface area contributed by atoms with Gasteiger partial charge in [-0.3, -0.25) is 0 Å². The second-order valence-electron chi connectivity index (χ2n) is 3.06. The molecule has 0 aliphatic carbocycles. The Morgan fingerprint density at radius 1 is 1.50 bits per heavy atom. The molecule has 4 heteroatoms. The first kappa shape index (κ1) is 10.1. The van der Waals surface area contributed by atoms with Crippen LogP contribution in [0, 0.1) is 11.3 Å². The van der Waals surface area contributed by atoms with E-state index >= 15 is 0 Å². The van der Waals surface area contributed by atoms with Gasteiger partial charge in [0, 0.05) is 14.1 Å². The Morgan fingerprint density at radius 3 is 2.71 bits per heavy atom. The van der Waals surface area contributed by atoms with Crippen LogP contribution in [0.15, 0.2) is 23.3 Å². The van der Waals surface area contributed by atoms with Gasteiger partial charge < -0.3 is 10.7 Å². The van der Waals surface area contributed by atoms with Crippen molar-refractivity contribution in [2.24, 2.45) is 10.9 Å². The third-order valence-electron chi connectivity index (χ3n) is 1.85. The Kier molecular flexibility index (Phi) is 3.08. The van der Waals surface area contributed by atoms with Crippen LogP contribution in [-0.4, -0.2) is 20.3 Å². The minimum atomic E-state index is 0.618. The second-order valence-corrected chi connectivity index (χ2v) is 3.06. The molecule has 0 fully saturated rings. The number of nitrogens with two attached hydrogens (primary N) is 1. The smallest absolute Gasteiger partial charge is 0.101 e. The zero-order valence-corrected chi connectivity index (χ0v) is 8.23. The Labute approximate surface area is 83.2 Å². The fourth-order valence-electron chi connectivity index (χ4n) is 1.20. The zero-order valence-electron chi connectivity index (χ0n) is 8.23. The van der Waals surface area contributed by atoms with Crippen molar-refractivity contribution >= 4 is 11.9 Å². The molecule has 1 aromatic rings. The van der Waals surface area contributed by atoms with Crippen LogP contribution in [0.1, 0.15) is 11.1 Å². The van der Waals surface area contributed by atoms with Crippen LogP contribution in [0.4, 0.5) is 5.69 Å². The molecule has 0 radical (unpaired) electrons. The van der Waals surface area contributed by atoms with Crippen LogP contribution < -0.4 is 10.7 Å². The highest BCUT2D eigenvalue weighted by Gasteiger charge is 2.03. The maximum Gasteiger partial charge on any atom is 0.101 e. The van der Waals surface area contributed by atoms with E-state index in [4.69, 9.17) is 11.1 Å². The summed E-state index contributed by atoms with van der Waals surface area (Å²) in [5, 5.41) is 12.3. The SMILES string of the molecule is CN(C)c1ccc(C=NN)cc1C#N. The lowest BCUT2D eigenvalue weighted by Gasteiger charge is -2.13. The highest BCUT2D eigenvalue weighted by atomic mass is 15.1. The van der Waals surface area contributed by atoms with Gasteiger partial charge in [0.2, 0.25) is 0 Å². The molecule has 0 atom stereocenters. The number of hydrogen-bond acceptors (Lipinski definition) is 4. The Balaban J connectivity index is 3.20. The molecule has 2 N–H and O–H groups in total. The molecule has 4 nitrogen and oxygen atoms in total. The molecule has 0 bridgehead atoms. The predicted molar refractivity (Wildman–Crippen MR) is 57.3 cm³/mol. The van der Waals surface area contributed by atoms with E-state index in [1.165, 1.54) is 6.21 Å². The topological polar surface area (TPSA) is 65.4 Å². The average Bonchev–Trinajstić information content (AvgIpc) is 2.17. The van der Waals surface area contributed by atoms with Crippen molar-refractivity contribution in [2.45, 2.75) is 0 Å². The van der Waals surface area contributed by atoms with Crippen LogP contribution in [-0.2, 0) is 0 Å². The lowest BCUT2D eigenvalue weighted by atomic mass is 10.1. The number of rotatable bonds is 2. The first-order valence-corrected chi connectivity index (χ1v) is 4.13. The lowest BCUT2D eigenvalue weighted by Crippen LogP contribution is -2.10. The Morgan fingerprint density at radius 2 is 2.21 bits per heavy atom. The summed E-state index contributed by atoms with van der Waals surface area (Å²) < 4.78 is 0. The summed E-state index contributed by atoms with van der Waals surface area (Å²) >= 11 is 0. The van der Waals surface area contributed by atoms with E-state index < -0.39 is 0 Å². The van der Waals surface area contributed by atoms with Gasteiger partial charge in [-0.15, -0.1) is 0 Å². The summed E-state index contributed by atoms with van der Waals surface area (Å²) in [4.78, 5) is 1.89. The summed E-state index contributed by atoms with van der Waals surface area (Å²) in [6.07, 6.45) is 1.51. The number of nitriles is 1. The molecule has 0 heterocycles. The number of benzene rings is 1. The van der Waals surface area contributed by atoms with Gasteiger partial charge in [-0.25, -0.2) is 0 Å². The highest BCUT2D eigenvalue weighted by Crippen LogP contribution is 2.18. The van der Waals surface area contributed by atoms with E-state index in [0.717, 1.165) is 11.3 Å². The molecule has 0 amide bonds. The third kappa shape index (κ3) is 2.02. The lowest BCUT2D eigenvalue weighted by molar-refractivity contribution is 1.12. The van der Waals surface area contributed by atoms with Crippen LogP contribution in [0.5, 0.6) is 0 Å². The fraction of sp³-hybridized carbons (Fsp3) is 0.200. The highest BCUT2D eigenvalue weighted by molar-refractivity contribution is 5.81. The maximum absolute atomic E-state index is 8.91. The minimum Gasteiger partial charge on any atom is -0.377 e. The van der Waals surface area contributed by atoms with Gasteiger partial charge in [0.1, 0.15) is 6.07 Å². The van der Waals surface area contributed by atoms with Crippen LogP contribution in [0.25, 0.3) is 0 Å². The predicted octanol–water partition coefficient (Wildman–Crippen LogP) is 0.917. The van der Waals surface area contributed by atoms with Gasteiger partial charge in [0.15, 0.2) is 0 Å². The van der Waals surface area contributed by atoms with Crippen LogP contribution in [0.2, 0.25) is 0 Å². The summed E-state index contributed by atoms with van der Waals surface area (Å²) in [5.74, 6) is 5.03. The molecule has 1 aromatic carbocycles. The quantitative estimate of drug-likeness (QED) is 0.426. The number of anilines is 1. The molecule has 1 rings (SSSR count).